The molecule has 0 aliphatic carbocycles. The quantitative estimate of drug-likeness (QED) is 0.286. The van der Waals surface area contributed by atoms with Crippen LogP contribution in [0.1, 0.15) is 62.3 Å². The number of halogens is 1. The van der Waals surface area contributed by atoms with E-state index >= 15 is 0 Å². The van der Waals surface area contributed by atoms with Gasteiger partial charge in [-0.1, -0.05) is 106 Å². The standard InChI is InChI=1S/C32H39ClN2O2/c1-23(2)21-34-32(37)30(20-26-9-6-5-7-10-26)35(22-27-11-8-12-29(33)19-27)31(36)18-15-25-13-16-28(17-14-25)24(3)4/h5-14,16-17,19,23-24,30H,15,18,20-22H2,1-4H3,(H,34,37). The van der Waals surface area contributed by atoms with E-state index in [1.165, 1.54) is 5.56 Å². The van der Waals surface area contributed by atoms with Crippen molar-refractivity contribution in [2.24, 2.45) is 5.92 Å². The third-order valence-electron chi connectivity index (χ3n) is 6.47. The Morgan fingerprint density at radius 1 is 0.838 bits per heavy atom. The van der Waals surface area contributed by atoms with Gasteiger partial charge in [-0.15, -0.1) is 0 Å². The average Bonchev–Trinajstić information content (AvgIpc) is 2.88. The second kappa shape index (κ2) is 14.0. The molecule has 0 aromatic heterocycles. The first-order valence-electron chi connectivity index (χ1n) is 13.2. The van der Waals surface area contributed by atoms with Gasteiger partial charge in [-0.05, 0) is 52.6 Å². The minimum Gasteiger partial charge on any atom is -0.354 e. The second-order valence-electron chi connectivity index (χ2n) is 10.4. The van der Waals surface area contributed by atoms with Gasteiger partial charge in [0.15, 0.2) is 0 Å². The first-order valence-corrected chi connectivity index (χ1v) is 13.5. The summed E-state index contributed by atoms with van der Waals surface area (Å²) >= 11 is 6.26. The third kappa shape index (κ3) is 9.05. The Balaban J connectivity index is 1.87. The topological polar surface area (TPSA) is 49.4 Å². The van der Waals surface area contributed by atoms with Crippen molar-refractivity contribution in [2.75, 3.05) is 6.54 Å². The minimum absolute atomic E-state index is 0.0476. The van der Waals surface area contributed by atoms with Crippen LogP contribution in [0.4, 0.5) is 0 Å². The highest BCUT2D eigenvalue weighted by molar-refractivity contribution is 6.30. The van der Waals surface area contributed by atoms with Gasteiger partial charge in [-0.2, -0.15) is 0 Å². The fraction of sp³-hybridized carbons (Fsp3) is 0.375. The van der Waals surface area contributed by atoms with Crippen molar-refractivity contribution in [3.8, 4) is 0 Å². The number of carbonyl (C=O) groups excluding carboxylic acids is 2. The van der Waals surface area contributed by atoms with Gasteiger partial charge in [-0.3, -0.25) is 9.59 Å². The van der Waals surface area contributed by atoms with Gasteiger partial charge in [0.2, 0.25) is 11.8 Å². The lowest BCUT2D eigenvalue weighted by Gasteiger charge is -2.32. The summed E-state index contributed by atoms with van der Waals surface area (Å²) in [4.78, 5) is 29.0. The van der Waals surface area contributed by atoms with Gasteiger partial charge in [0.05, 0.1) is 0 Å². The maximum Gasteiger partial charge on any atom is 0.243 e. The molecule has 5 heteroatoms. The van der Waals surface area contributed by atoms with E-state index in [9.17, 15) is 9.59 Å². The molecule has 2 amide bonds. The predicted octanol–water partition coefficient (Wildman–Crippen LogP) is 6.81. The predicted molar refractivity (Wildman–Crippen MR) is 153 cm³/mol. The number of rotatable bonds is 12. The molecule has 0 fully saturated rings. The van der Waals surface area contributed by atoms with Crippen LogP contribution >= 0.6 is 11.6 Å². The van der Waals surface area contributed by atoms with E-state index in [4.69, 9.17) is 11.6 Å². The maximum atomic E-state index is 13.8. The highest BCUT2D eigenvalue weighted by atomic mass is 35.5. The van der Waals surface area contributed by atoms with E-state index in [1.807, 2.05) is 54.6 Å². The van der Waals surface area contributed by atoms with Crippen LogP contribution < -0.4 is 5.32 Å². The fourth-order valence-electron chi connectivity index (χ4n) is 4.27. The van der Waals surface area contributed by atoms with E-state index in [0.717, 1.165) is 16.7 Å². The monoisotopic (exact) mass is 518 g/mol. The zero-order chi connectivity index (χ0) is 26.8. The second-order valence-corrected chi connectivity index (χ2v) is 10.8. The molecule has 3 rings (SSSR count). The van der Waals surface area contributed by atoms with Gasteiger partial charge in [0.25, 0.3) is 0 Å². The summed E-state index contributed by atoms with van der Waals surface area (Å²) in [6, 6.07) is 25.2. The Morgan fingerprint density at radius 2 is 1.51 bits per heavy atom. The molecule has 3 aromatic carbocycles. The molecule has 0 spiro atoms. The van der Waals surface area contributed by atoms with Crippen molar-refractivity contribution in [1.29, 1.82) is 0 Å². The SMILES string of the molecule is CC(C)CNC(=O)C(Cc1ccccc1)N(Cc1cccc(Cl)c1)C(=O)CCc1ccc(C(C)C)cc1. The van der Waals surface area contributed by atoms with Crippen molar-refractivity contribution in [3.05, 3.63) is 106 Å². The van der Waals surface area contributed by atoms with Crippen LogP contribution in [0.5, 0.6) is 0 Å². The highest BCUT2D eigenvalue weighted by Gasteiger charge is 2.30. The summed E-state index contributed by atoms with van der Waals surface area (Å²) in [5.41, 5.74) is 4.31. The first kappa shape index (κ1) is 28.5. The Bertz CT molecular complexity index is 1140. The van der Waals surface area contributed by atoms with Crippen molar-refractivity contribution >= 4 is 23.4 Å². The molecule has 0 saturated heterocycles. The normalized spacial score (nSPS) is 12.0. The molecule has 37 heavy (non-hydrogen) atoms. The zero-order valence-electron chi connectivity index (χ0n) is 22.4. The van der Waals surface area contributed by atoms with Crippen LogP contribution in [-0.4, -0.2) is 29.3 Å². The van der Waals surface area contributed by atoms with E-state index in [0.29, 0.717) is 49.2 Å². The Kier molecular flexibility index (Phi) is 10.8. The van der Waals surface area contributed by atoms with Gasteiger partial charge in [0, 0.05) is 31.0 Å². The van der Waals surface area contributed by atoms with Crippen LogP contribution in [0.15, 0.2) is 78.9 Å². The lowest BCUT2D eigenvalue weighted by Crippen LogP contribution is -2.51. The first-order chi connectivity index (χ1) is 17.7. The highest BCUT2D eigenvalue weighted by Crippen LogP contribution is 2.20. The van der Waals surface area contributed by atoms with Gasteiger partial charge < -0.3 is 10.2 Å². The van der Waals surface area contributed by atoms with Gasteiger partial charge >= 0.3 is 0 Å². The fourth-order valence-corrected chi connectivity index (χ4v) is 4.49. The molecule has 196 valence electrons. The van der Waals surface area contributed by atoms with Crippen LogP contribution in [0.25, 0.3) is 0 Å². The molecule has 0 bridgehead atoms. The smallest absolute Gasteiger partial charge is 0.243 e. The molecule has 3 aromatic rings. The van der Waals surface area contributed by atoms with E-state index in [1.54, 1.807) is 4.90 Å². The molecular weight excluding hydrogens is 480 g/mol. The van der Waals surface area contributed by atoms with E-state index < -0.39 is 6.04 Å². The average molecular weight is 519 g/mol. The van der Waals surface area contributed by atoms with Gasteiger partial charge in [0.1, 0.15) is 6.04 Å². The maximum absolute atomic E-state index is 13.8. The Morgan fingerprint density at radius 3 is 2.14 bits per heavy atom. The molecule has 4 nitrogen and oxygen atoms in total. The molecule has 1 atom stereocenters. The van der Waals surface area contributed by atoms with Crippen molar-refractivity contribution in [2.45, 2.75) is 65.5 Å². The van der Waals surface area contributed by atoms with Crippen LogP contribution in [0.3, 0.4) is 0 Å². The van der Waals surface area contributed by atoms with Gasteiger partial charge in [-0.25, -0.2) is 0 Å². The van der Waals surface area contributed by atoms with Crippen molar-refractivity contribution in [3.63, 3.8) is 0 Å². The molecule has 1 N–H and O–H groups in total. The summed E-state index contributed by atoms with van der Waals surface area (Å²) in [5, 5.41) is 3.68. The van der Waals surface area contributed by atoms with Crippen LogP contribution in [0.2, 0.25) is 5.02 Å². The summed E-state index contributed by atoms with van der Waals surface area (Å²) in [5.74, 6) is 0.599. The Labute approximate surface area is 227 Å². The molecule has 0 heterocycles. The summed E-state index contributed by atoms with van der Waals surface area (Å²) in [7, 11) is 0. The summed E-state index contributed by atoms with van der Waals surface area (Å²) in [6.45, 7) is 9.34. The number of nitrogens with one attached hydrogen (secondary N) is 1. The number of hydrogen-bond donors (Lipinski definition) is 1. The molecule has 0 aliphatic heterocycles. The lowest BCUT2D eigenvalue weighted by molar-refractivity contribution is -0.141. The zero-order valence-corrected chi connectivity index (χ0v) is 23.2. The molecule has 1 unspecified atom stereocenters. The van der Waals surface area contributed by atoms with Crippen LogP contribution in [0, 0.1) is 5.92 Å². The lowest BCUT2D eigenvalue weighted by atomic mass is 9.99. The molecule has 0 radical (unpaired) electrons. The number of hydrogen-bond acceptors (Lipinski definition) is 2. The number of carbonyl (C=O) groups is 2. The number of benzene rings is 3. The summed E-state index contributed by atoms with van der Waals surface area (Å²) in [6.07, 6.45) is 1.39. The summed E-state index contributed by atoms with van der Waals surface area (Å²) < 4.78 is 0. The van der Waals surface area contributed by atoms with E-state index in [-0.39, 0.29) is 11.8 Å². The van der Waals surface area contributed by atoms with Crippen molar-refractivity contribution in [1.82, 2.24) is 10.2 Å². The number of aryl methyl sites for hydroxylation is 1. The third-order valence-corrected chi connectivity index (χ3v) is 6.71. The largest absolute Gasteiger partial charge is 0.354 e. The number of nitrogens with zero attached hydrogens (tertiary/aromatic N) is 1. The minimum atomic E-state index is -0.629. The Hall–Kier alpha value is -3.11. The number of amides is 2. The molecular formula is C32H39ClN2O2. The molecule has 0 aliphatic rings. The van der Waals surface area contributed by atoms with E-state index in [2.05, 4.69) is 57.3 Å². The molecule has 0 saturated carbocycles. The van der Waals surface area contributed by atoms with Crippen LogP contribution in [-0.2, 0) is 29.0 Å². The van der Waals surface area contributed by atoms with Crippen molar-refractivity contribution < 1.29 is 9.59 Å².